The molecule has 2 aliphatic carbocycles. The molecule has 0 radical (unpaired) electrons. The molecule has 136 valence electrons. The molecule has 1 amide bonds. The van der Waals surface area contributed by atoms with Gasteiger partial charge in [0.1, 0.15) is 6.10 Å². The van der Waals surface area contributed by atoms with Crippen molar-refractivity contribution in [3.63, 3.8) is 0 Å². The molecule has 4 rings (SSSR count). The van der Waals surface area contributed by atoms with E-state index < -0.39 is 0 Å². The van der Waals surface area contributed by atoms with E-state index in [1.807, 2.05) is 18.2 Å². The van der Waals surface area contributed by atoms with Gasteiger partial charge in [0.15, 0.2) is 0 Å². The van der Waals surface area contributed by atoms with Gasteiger partial charge in [0, 0.05) is 38.3 Å². The Morgan fingerprint density at radius 2 is 2.08 bits per heavy atom. The molecule has 1 aliphatic heterocycles. The van der Waals surface area contributed by atoms with Crippen LogP contribution in [0.1, 0.15) is 51.4 Å². The molecule has 0 unspecified atom stereocenters. The summed E-state index contributed by atoms with van der Waals surface area (Å²) in [6.45, 7) is 0.824. The van der Waals surface area contributed by atoms with E-state index in [0.29, 0.717) is 11.8 Å². The average molecular weight is 344 g/mol. The van der Waals surface area contributed by atoms with E-state index in [1.165, 1.54) is 12.8 Å². The summed E-state index contributed by atoms with van der Waals surface area (Å²) in [6, 6.07) is 5.86. The first-order chi connectivity index (χ1) is 12.2. The van der Waals surface area contributed by atoms with E-state index >= 15 is 0 Å². The first-order valence-corrected chi connectivity index (χ1v) is 9.65. The molecule has 2 heterocycles. The lowest BCUT2D eigenvalue weighted by Gasteiger charge is -2.43. The van der Waals surface area contributed by atoms with Gasteiger partial charge in [-0.25, -0.2) is 4.98 Å². The third kappa shape index (κ3) is 3.14. The molecule has 1 aromatic rings. The normalized spacial score (nSPS) is 32.6. The van der Waals surface area contributed by atoms with Crippen molar-refractivity contribution in [2.45, 2.75) is 69.1 Å². The summed E-state index contributed by atoms with van der Waals surface area (Å²) in [5.41, 5.74) is -0.182. The summed E-state index contributed by atoms with van der Waals surface area (Å²) in [5.74, 6) is 1.24. The number of fused-ring (bicyclic) bond motifs is 1. The van der Waals surface area contributed by atoms with E-state index in [-0.39, 0.29) is 23.7 Å². The SMILES string of the molecule is CO[C@@]12CC[C@H](Oc3ccccn3)C[C@@H]1N(C(=O)C1CCCC1)CC2. The van der Waals surface area contributed by atoms with E-state index in [9.17, 15) is 4.79 Å². The molecule has 3 aliphatic rings. The van der Waals surface area contributed by atoms with Gasteiger partial charge in [-0.15, -0.1) is 0 Å². The summed E-state index contributed by atoms with van der Waals surface area (Å²) < 4.78 is 12.1. The number of amides is 1. The summed E-state index contributed by atoms with van der Waals surface area (Å²) in [4.78, 5) is 19.4. The minimum atomic E-state index is -0.182. The van der Waals surface area contributed by atoms with Crippen molar-refractivity contribution in [1.29, 1.82) is 0 Å². The fraction of sp³-hybridized carbons (Fsp3) is 0.700. The van der Waals surface area contributed by atoms with Gasteiger partial charge in [-0.1, -0.05) is 18.9 Å². The highest BCUT2D eigenvalue weighted by molar-refractivity contribution is 5.80. The Morgan fingerprint density at radius 3 is 2.80 bits per heavy atom. The number of rotatable bonds is 4. The zero-order valence-corrected chi connectivity index (χ0v) is 15.0. The van der Waals surface area contributed by atoms with E-state index in [2.05, 4.69) is 9.88 Å². The number of methoxy groups -OCH3 is 1. The van der Waals surface area contributed by atoms with Crippen LogP contribution in [0.5, 0.6) is 5.88 Å². The standard InChI is InChI=1S/C20H28N2O3/c1-24-20-10-9-16(25-18-8-4-5-12-21-18)14-17(20)22(13-11-20)19(23)15-6-2-3-7-15/h4-5,8,12,15-17H,2-3,6-7,9-11,13-14H2,1H3/t16-,17-,20+/m0/s1. The highest BCUT2D eigenvalue weighted by atomic mass is 16.5. The summed E-state index contributed by atoms with van der Waals surface area (Å²) in [7, 11) is 1.80. The molecule has 1 aromatic heterocycles. The Morgan fingerprint density at radius 1 is 1.24 bits per heavy atom. The zero-order chi connectivity index (χ0) is 17.3. The van der Waals surface area contributed by atoms with E-state index in [0.717, 1.165) is 45.1 Å². The summed E-state index contributed by atoms with van der Waals surface area (Å²) in [5, 5.41) is 0. The van der Waals surface area contributed by atoms with Crippen molar-refractivity contribution >= 4 is 5.91 Å². The van der Waals surface area contributed by atoms with Crippen molar-refractivity contribution in [3.8, 4) is 5.88 Å². The van der Waals surface area contributed by atoms with Crippen molar-refractivity contribution in [2.75, 3.05) is 13.7 Å². The maximum Gasteiger partial charge on any atom is 0.226 e. The van der Waals surface area contributed by atoms with Crippen LogP contribution in [-0.4, -0.2) is 47.2 Å². The molecule has 5 heteroatoms. The Labute approximate surface area is 149 Å². The number of ether oxygens (including phenoxy) is 2. The third-order valence-corrected chi connectivity index (χ3v) is 6.45. The van der Waals surface area contributed by atoms with Crippen LogP contribution in [0.4, 0.5) is 0 Å². The van der Waals surface area contributed by atoms with Gasteiger partial charge < -0.3 is 14.4 Å². The maximum absolute atomic E-state index is 13.0. The van der Waals surface area contributed by atoms with E-state index in [4.69, 9.17) is 9.47 Å². The van der Waals surface area contributed by atoms with Crippen molar-refractivity contribution < 1.29 is 14.3 Å². The van der Waals surface area contributed by atoms with Crippen LogP contribution in [-0.2, 0) is 9.53 Å². The van der Waals surface area contributed by atoms with Gasteiger partial charge in [0.25, 0.3) is 0 Å². The summed E-state index contributed by atoms with van der Waals surface area (Å²) in [6.07, 6.45) is 10.0. The van der Waals surface area contributed by atoms with Crippen molar-refractivity contribution in [3.05, 3.63) is 24.4 Å². The van der Waals surface area contributed by atoms with Crippen molar-refractivity contribution in [1.82, 2.24) is 9.88 Å². The second-order valence-corrected chi connectivity index (χ2v) is 7.73. The number of aromatic nitrogens is 1. The Hall–Kier alpha value is -1.62. The van der Waals surface area contributed by atoms with Crippen LogP contribution in [0, 0.1) is 5.92 Å². The minimum Gasteiger partial charge on any atom is -0.474 e. The molecule has 25 heavy (non-hydrogen) atoms. The molecule has 0 aromatic carbocycles. The van der Waals surface area contributed by atoms with Crippen LogP contribution in [0.15, 0.2) is 24.4 Å². The number of pyridine rings is 1. The second-order valence-electron chi connectivity index (χ2n) is 7.73. The molecule has 3 atom stereocenters. The van der Waals surface area contributed by atoms with Gasteiger partial charge in [0.05, 0.1) is 11.6 Å². The Kier molecular flexibility index (Phi) is 4.67. The number of hydrogen-bond acceptors (Lipinski definition) is 4. The summed E-state index contributed by atoms with van der Waals surface area (Å²) >= 11 is 0. The number of nitrogens with zero attached hydrogens (tertiary/aromatic N) is 2. The van der Waals surface area contributed by atoms with E-state index in [1.54, 1.807) is 13.3 Å². The molecule has 5 nitrogen and oxygen atoms in total. The lowest BCUT2D eigenvalue weighted by atomic mass is 9.79. The lowest BCUT2D eigenvalue weighted by Crippen LogP contribution is -2.54. The fourth-order valence-corrected chi connectivity index (χ4v) is 5.03. The molecule has 3 fully saturated rings. The van der Waals surface area contributed by atoms with Gasteiger partial charge in [-0.3, -0.25) is 4.79 Å². The average Bonchev–Trinajstić information content (AvgIpc) is 3.30. The number of likely N-dealkylation sites (tertiary alicyclic amines) is 1. The minimum absolute atomic E-state index is 0.0974. The van der Waals surface area contributed by atoms with Gasteiger partial charge in [-0.05, 0) is 38.2 Å². The number of carbonyl (C=O) groups is 1. The molecule has 0 spiro atoms. The van der Waals surface area contributed by atoms with Crippen LogP contribution < -0.4 is 4.74 Å². The van der Waals surface area contributed by atoms with Gasteiger partial charge >= 0.3 is 0 Å². The predicted octanol–water partition coefficient (Wildman–Crippen LogP) is 3.19. The quantitative estimate of drug-likeness (QED) is 0.842. The first kappa shape index (κ1) is 16.8. The molecule has 0 bridgehead atoms. The fourth-order valence-electron chi connectivity index (χ4n) is 5.03. The van der Waals surface area contributed by atoms with Crippen LogP contribution >= 0.6 is 0 Å². The van der Waals surface area contributed by atoms with Crippen molar-refractivity contribution in [2.24, 2.45) is 5.92 Å². The molecular weight excluding hydrogens is 316 g/mol. The molecule has 1 saturated heterocycles. The van der Waals surface area contributed by atoms with Crippen LogP contribution in [0.25, 0.3) is 0 Å². The number of carbonyl (C=O) groups excluding carboxylic acids is 1. The maximum atomic E-state index is 13.0. The second kappa shape index (κ2) is 6.94. The van der Waals surface area contributed by atoms with Crippen LogP contribution in [0.3, 0.4) is 0 Å². The zero-order valence-electron chi connectivity index (χ0n) is 15.0. The predicted molar refractivity (Wildman–Crippen MR) is 94.3 cm³/mol. The highest BCUT2D eigenvalue weighted by Crippen LogP contribution is 2.44. The van der Waals surface area contributed by atoms with Gasteiger partial charge in [0.2, 0.25) is 11.8 Å². The monoisotopic (exact) mass is 344 g/mol. The number of hydrogen-bond donors (Lipinski definition) is 0. The lowest BCUT2D eigenvalue weighted by molar-refractivity contribution is -0.143. The molecule has 2 saturated carbocycles. The molecular formula is C20H28N2O3. The largest absolute Gasteiger partial charge is 0.474 e. The topological polar surface area (TPSA) is 51.7 Å². The molecule has 0 N–H and O–H groups in total. The Bertz CT molecular complexity index is 602. The Balaban J connectivity index is 1.49. The smallest absolute Gasteiger partial charge is 0.226 e. The third-order valence-electron chi connectivity index (χ3n) is 6.45. The first-order valence-electron chi connectivity index (χ1n) is 9.65. The van der Waals surface area contributed by atoms with Crippen LogP contribution in [0.2, 0.25) is 0 Å². The highest BCUT2D eigenvalue weighted by Gasteiger charge is 2.53. The van der Waals surface area contributed by atoms with Gasteiger partial charge in [-0.2, -0.15) is 0 Å².